The Bertz CT molecular complexity index is 802. The highest BCUT2D eigenvalue weighted by Crippen LogP contribution is 2.50. The second-order valence-electron chi connectivity index (χ2n) is 7.71. The molecule has 0 saturated carbocycles. The molecule has 0 N–H and O–H groups in total. The van der Waals surface area contributed by atoms with Gasteiger partial charge in [-0.3, -0.25) is 4.90 Å². The molecule has 2 atom stereocenters. The predicted octanol–water partition coefficient (Wildman–Crippen LogP) is 4.10. The van der Waals surface area contributed by atoms with Crippen LogP contribution in [0, 0.1) is 5.82 Å². The third-order valence-corrected chi connectivity index (χ3v) is 6.29. The molecule has 2 bridgehead atoms. The van der Waals surface area contributed by atoms with Gasteiger partial charge in [0.15, 0.2) is 0 Å². The number of hydrogen-bond acceptors (Lipinski definition) is 3. The zero-order valence-electron chi connectivity index (χ0n) is 15.0. The van der Waals surface area contributed by atoms with E-state index in [0.29, 0.717) is 18.5 Å². The zero-order valence-corrected chi connectivity index (χ0v) is 15.0. The van der Waals surface area contributed by atoms with E-state index in [2.05, 4.69) is 28.0 Å². The lowest BCUT2D eigenvalue weighted by Crippen LogP contribution is -2.36. The molecule has 3 nitrogen and oxygen atoms in total. The first kappa shape index (κ1) is 16.3. The summed E-state index contributed by atoms with van der Waals surface area (Å²) >= 11 is 0. The van der Waals surface area contributed by atoms with E-state index >= 15 is 0 Å². The van der Waals surface area contributed by atoms with Gasteiger partial charge in [-0.25, -0.2) is 4.39 Å². The van der Waals surface area contributed by atoms with Crippen LogP contribution < -0.4 is 4.90 Å². The fraction of sp³-hybridized carbons (Fsp3) is 0.455. The van der Waals surface area contributed by atoms with E-state index in [9.17, 15) is 4.39 Å². The summed E-state index contributed by atoms with van der Waals surface area (Å²) in [7, 11) is 0. The molecule has 0 unspecified atom stereocenters. The lowest BCUT2D eigenvalue weighted by atomic mass is 9.95. The van der Waals surface area contributed by atoms with Gasteiger partial charge < -0.3 is 9.64 Å². The molecule has 2 fully saturated rings. The Kier molecular flexibility index (Phi) is 4.18. The number of hydrogen-bond donors (Lipinski definition) is 0. The topological polar surface area (TPSA) is 15.7 Å². The highest BCUT2D eigenvalue weighted by molar-refractivity contribution is 5.55. The highest BCUT2D eigenvalue weighted by Gasteiger charge is 2.39. The maximum Gasteiger partial charge on any atom is 0.127 e. The van der Waals surface area contributed by atoms with Gasteiger partial charge in [0, 0.05) is 36.9 Å². The Morgan fingerprint density at radius 1 is 1.00 bits per heavy atom. The van der Waals surface area contributed by atoms with Crippen molar-refractivity contribution >= 4 is 5.69 Å². The minimum absolute atomic E-state index is 0.0880. The van der Waals surface area contributed by atoms with E-state index in [1.54, 1.807) is 12.1 Å². The van der Waals surface area contributed by atoms with Crippen LogP contribution in [-0.2, 0) is 11.3 Å². The van der Waals surface area contributed by atoms with Crippen molar-refractivity contribution in [3.05, 3.63) is 65.0 Å². The number of halogens is 1. The second-order valence-corrected chi connectivity index (χ2v) is 7.71. The van der Waals surface area contributed by atoms with Gasteiger partial charge in [-0.1, -0.05) is 24.3 Å². The molecule has 26 heavy (non-hydrogen) atoms. The van der Waals surface area contributed by atoms with Crippen molar-refractivity contribution in [3.63, 3.8) is 0 Å². The smallest absolute Gasteiger partial charge is 0.127 e. The fourth-order valence-electron chi connectivity index (χ4n) is 4.90. The fourth-order valence-corrected chi connectivity index (χ4v) is 4.90. The Morgan fingerprint density at radius 3 is 2.69 bits per heavy atom. The molecule has 0 aromatic heterocycles. The summed E-state index contributed by atoms with van der Waals surface area (Å²) in [5, 5.41) is 0. The normalized spacial score (nSPS) is 25.3. The summed E-state index contributed by atoms with van der Waals surface area (Å²) in [5.74, 6) is 0.584. The van der Waals surface area contributed by atoms with Crippen molar-refractivity contribution in [1.29, 1.82) is 0 Å². The first-order chi connectivity index (χ1) is 12.8. The third kappa shape index (κ3) is 2.81. The van der Waals surface area contributed by atoms with Gasteiger partial charge in [0.1, 0.15) is 5.82 Å². The van der Waals surface area contributed by atoms with E-state index in [-0.39, 0.29) is 5.82 Å². The lowest BCUT2D eigenvalue weighted by molar-refractivity contribution is 0.122. The summed E-state index contributed by atoms with van der Waals surface area (Å²) < 4.78 is 19.6. The number of piperidine rings is 1. The molecule has 2 aromatic carbocycles. The van der Waals surface area contributed by atoms with Crippen LogP contribution in [0.4, 0.5) is 10.1 Å². The highest BCUT2D eigenvalue weighted by atomic mass is 19.1. The number of morpholine rings is 1. The summed E-state index contributed by atoms with van der Waals surface area (Å²) in [6.45, 7) is 5.29. The van der Waals surface area contributed by atoms with Gasteiger partial charge in [0.2, 0.25) is 0 Å². The minimum Gasteiger partial charge on any atom is -0.378 e. The van der Waals surface area contributed by atoms with Crippen LogP contribution in [0.25, 0.3) is 0 Å². The van der Waals surface area contributed by atoms with Crippen LogP contribution in [0.3, 0.4) is 0 Å². The number of rotatable bonds is 3. The standard InChI is InChI=1S/C22H25FN2O/c23-21-4-2-1-3-17(21)15-25-8-7-16-13-22(25)20-14-18(5-6-19(16)20)24-9-11-26-12-10-24/h1-6,14,16,22H,7-13,15H2/t16-,22-/m1/s1. The molecule has 0 radical (unpaired) electrons. The Morgan fingerprint density at radius 2 is 1.85 bits per heavy atom. The molecule has 2 aliphatic heterocycles. The first-order valence-corrected chi connectivity index (χ1v) is 9.73. The molecule has 136 valence electrons. The van der Waals surface area contributed by atoms with Crippen LogP contribution in [0.15, 0.2) is 42.5 Å². The van der Waals surface area contributed by atoms with E-state index < -0.39 is 0 Å². The summed E-state index contributed by atoms with van der Waals surface area (Å²) in [6, 6.07) is 14.6. The van der Waals surface area contributed by atoms with Gasteiger partial charge in [0.25, 0.3) is 0 Å². The van der Waals surface area contributed by atoms with Gasteiger partial charge in [-0.05, 0) is 54.6 Å². The molecular weight excluding hydrogens is 327 g/mol. The average molecular weight is 352 g/mol. The van der Waals surface area contributed by atoms with Crippen LogP contribution >= 0.6 is 0 Å². The number of nitrogens with zero attached hydrogens (tertiary/aromatic N) is 2. The molecular formula is C22H25FN2O. The monoisotopic (exact) mass is 352 g/mol. The van der Waals surface area contributed by atoms with Crippen molar-refractivity contribution < 1.29 is 9.13 Å². The maximum atomic E-state index is 14.1. The number of ether oxygens (including phenoxy) is 1. The van der Waals surface area contributed by atoms with Crippen LogP contribution in [0.5, 0.6) is 0 Å². The first-order valence-electron chi connectivity index (χ1n) is 9.73. The molecule has 2 heterocycles. The molecule has 1 aliphatic carbocycles. The minimum atomic E-state index is -0.0880. The zero-order chi connectivity index (χ0) is 17.5. The van der Waals surface area contributed by atoms with E-state index in [4.69, 9.17) is 4.74 Å². The van der Waals surface area contributed by atoms with Gasteiger partial charge in [-0.2, -0.15) is 0 Å². The third-order valence-electron chi connectivity index (χ3n) is 6.29. The molecule has 3 aliphatic rings. The largest absolute Gasteiger partial charge is 0.378 e. The number of benzene rings is 2. The maximum absolute atomic E-state index is 14.1. The van der Waals surface area contributed by atoms with Crippen LogP contribution in [-0.4, -0.2) is 37.7 Å². The number of likely N-dealkylation sites (tertiary alicyclic amines) is 1. The van der Waals surface area contributed by atoms with Crippen molar-refractivity contribution in [2.24, 2.45) is 0 Å². The molecule has 5 rings (SSSR count). The second kappa shape index (κ2) is 6.67. The van der Waals surface area contributed by atoms with Crippen molar-refractivity contribution in [2.45, 2.75) is 31.3 Å². The number of anilines is 1. The van der Waals surface area contributed by atoms with Crippen molar-refractivity contribution in [2.75, 3.05) is 37.7 Å². The van der Waals surface area contributed by atoms with Crippen LogP contribution in [0.2, 0.25) is 0 Å². The van der Waals surface area contributed by atoms with E-state index in [1.807, 2.05) is 12.1 Å². The molecule has 0 amide bonds. The SMILES string of the molecule is Fc1ccccc1CN1CC[C@@H]2C[C@@H]1c1cc(N3CCOCC3)ccc12. The predicted molar refractivity (Wildman–Crippen MR) is 101 cm³/mol. The quantitative estimate of drug-likeness (QED) is 0.827. The molecule has 0 spiro atoms. The van der Waals surface area contributed by atoms with Gasteiger partial charge in [-0.15, -0.1) is 0 Å². The summed E-state index contributed by atoms with van der Waals surface area (Å²) in [4.78, 5) is 4.90. The van der Waals surface area contributed by atoms with Crippen molar-refractivity contribution in [1.82, 2.24) is 4.90 Å². The molecule has 2 aromatic rings. The summed E-state index contributed by atoms with van der Waals surface area (Å²) in [5.41, 5.74) is 5.10. The Labute approximate surface area is 154 Å². The summed E-state index contributed by atoms with van der Waals surface area (Å²) in [6.07, 6.45) is 2.35. The Hall–Kier alpha value is -1.91. The molecule has 2 saturated heterocycles. The van der Waals surface area contributed by atoms with Crippen molar-refractivity contribution in [3.8, 4) is 0 Å². The van der Waals surface area contributed by atoms with Crippen LogP contribution in [0.1, 0.15) is 41.5 Å². The number of fused-ring (bicyclic) bond motifs is 5. The van der Waals surface area contributed by atoms with Gasteiger partial charge >= 0.3 is 0 Å². The molecule has 4 heteroatoms. The average Bonchev–Trinajstić information content (AvgIpc) is 2.99. The van der Waals surface area contributed by atoms with Gasteiger partial charge in [0.05, 0.1) is 13.2 Å². The van der Waals surface area contributed by atoms with E-state index in [1.165, 1.54) is 29.7 Å². The Balaban J connectivity index is 1.43. The lowest BCUT2D eigenvalue weighted by Gasteiger charge is -2.34. The van der Waals surface area contributed by atoms with E-state index in [0.717, 1.165) is 38.4 Å².